The molecule has 0 aliphatic carbocycles. The largest absolute Gasteiger partial charge is 0.387 e. The fourth-order valence-electron chi connectivity index (χ4n) is 1.45. The SMILES string of the molecule is CC(=N)/C(NC(=O)CO)=C(/C)Nc1ccccc1. The van der Waals surface area contributed by atoms with Gasteiger partial charge in [-0.25, -0.2) is 0 Å². The Bertz CT molecular complexity index is 466. The average Bonchev–Trinajstić information content (AvgIpc) is 2.36. The molecule has 0 unspecified atom stereocenters. The summed E-state index contributed by atoms with van der Waals surface area (Å²) in [6, 6.07) is 9.45. The zero-order valence-electron chi connectivity index (χ0n) is 10.4. The van der Waals surface area contributed by atoms with Gasteiger partial charge in [-0.15, -0.1) is 0 Å². The molecule has 0 bridgehead atoms. The molecule has 0 spiro atoms. The van der Waals surface area contributed by atoms with Crippen molar-refractivity contribution in [3.8, 4) is 0 Å². The molecule has 1 aromatic carbocycles. The highest BCUT2D eigenvalue weighted by Gasteiger charge is 2.09. The molecule has 5 heteroatoms. The van der Waals surface area contributed by atoms with Crippen LogP contribution in [0.15, 0.2) is 41.7 Å². The molecule has 5 nitrogen and oxygen atoms in total. The topological polar surface area (TPSA) is 85.2 Å². The smallest absolute Gasteiger partial charge is 0.250 e. The Kier molecular flexibility index (Phi) is 5.07. The minimum atomic E-state index is -0.602. The van der Waals surface area contributed by atoms with Gasteiger partial charge in [0.25, 0.3) is 0 Å². The molecule has 0 aromatic heterocycles. The third kappa shape index (κ3) is 4.03. The van der Waals surface area contributed by atoms with Gasteiger partial charge in [0.1, 0.15) is 6.61 Å². The predicted molar refractivity (Wildman–Crippen MR) is 71.4 cm³/mol. The molecule has 0 aliphatic heterocycles. The number of hydrogen-bond acceptors (Lipinski definition) is 4. The monoisotopic (exact) mass is 247 g/mol. The van der Waals surface area contributed by atoms with Crippen molar-refractivity contribution in [3.63, 3.8) is 0 Å². The summed E-state index contributed by atoms with van der Waals surface area (Å²) in [6.45, 7) is 2.73. The first kappa shape index (κ1) is 13.9. The minimum Gasteiger partial charge on any atom is -0.387 e. The van der Waals surface area contributed by atoms with E-state index in [0.29, 0.717) is 11.4 Å². The first-order valence-corrected chi connectivity index (χ1v) is 5.53. The van der Waals surface area contributed by atoms with Gasteiger partial charge in [0.2, 0.25) is 5.91 Å². The Morgan fingerprint density at radius 2 is 1.89 bits per heavy atom. The van der Waals surface area contributed by atoms with E-state index >= 15 is 0 Å². The van der Waals surface area contributed by atoms with Crippen LogP contribution in [0.25, 0.3) is 0 Å². The summed E-state index contributed by atoms with van der Waals surface area (Å²) in [5.74, 6) is -0.536. The third-order valence-electron chi connectivity index (χ3n) is 2.26. The lowest BCUT2D eigenvalue weighted by Gasteiger charge is -2.14. The molecule has 4 N–H and O–H groups in total. The number of carbonyl (C=O) groups is 1. The summed E-state index contributed by atoms with van der Waals surface area (Å²) in [5.41, 5.74) is 2.11. The van der Waals surface area contributed by atoms with Crippen molar-refractivity contribution in [1.82, 2.24) is 5.32 Å². The number of carbonyl (C=O) groups excluding carboxylic acids is 1. The summed E-state index contributed by atoms with van der Waals surface area (Å²) in [5, 5.41) is 21.9. The fraction of sp³-hybridized carbons (Fsp3) is 0.231. The molecule has 0 heterocycles. The lowest BCUT2D eigenvalue weighted by atomic mass is 10.2. The summed E-state index contributed by atoms with van der Waals surface area (Å²) in [7, 11) is 0. The number of anilines is 1. The number of para-hydroxylation sites is 1. The Morgan fingerprint density at radius 3 is 2.39 bits per heavy atom. The van der Waals surface area contributed by atoms with Crippen LogP contribution >= 0.6 is 0 Å². The van der Waals surface area contributed by atoms with Crippen molar-refractivity contribution in [2.24, 2.45) is 0 Å². The molecule has 1 aromatic rings. The Labute approximate surface area is 106 Å². The quantitative estimate of drug-likeness (QED) is 0.594. The molecular formula is C13H17N3O2. The van der Waals surface area contributed by atoms with Gasteiger partial charge < -0.3 is 21.1 Å². The van der Waals surface area contributed by atoms with Gasteiger partial charge in [0.15, 0.2) is 0 Å². The zero-order chi connectivity index (χ0) is 13.5. The maximum Gasteiger partial charge on any atom is 0.250 e. The first-order valence-electron chi connectivity index (χ1n) is 5.53. The number of amides is 1. The van der Waals surface area contributed by atoms with E-state index in [1.54, 1.807) is 13.8 Å². The molecule has 0 atom stereocenters. The van der Waals surface area contributed by atoms with Gasteiger partial charge >= 0.3 is 0 Å². The second kappa shape index (κ2) is 6.56. The van der Waals surface area contributed by atoms with Gasteiger partial charge in [-0.2, -0.15) is 0 Å². The van der Waals surface area contributed by atoms with Crippen molar-refractivity contribution in [2.45, 2.75) is 13.8 Å². The third-order valence-corrected chi connectivity index (χ3v) is 2.26. The van der Waals surface area contributed by atoms with Crippen LogP contribution in [-0.2, 0) is 4.79 Å². The Morgan fingerprint density at radius 1 is 1.28 bits per heavy atom. The van der Waals surface area contributed by atoms with Gasteiger partial charge in [-0.1, -0.05) is 18.2 Å². The lowest BCUT2D eigenvalue weighted by molar-refractivity contribution is -0.123. The van der Waals surface area contributed by atoms with E-state index in [4.69, 9.17) is 10.5 Å². The Balaban J connectivity index is 2.90. The van der Waals surface area contributed by atoms with Crippen LogP contribution < -0.4 is 10.6 Å². The summed E-state index contributed by atoms with van der Waals surface area (Å²) < 4.78 is 0. The molecule has 0 fully saturated rings. The molecule has 0 saturated heterocycles. The summed E-state index contributed by atoms with van der Waals surface area (Å²) in [4.78, 5) is 11.2. The highest BCUT2D eigenvalue weighted by molar-refractivity contribution is 6.00. The highest BCUT2D eigenvalue weighted by atomic mass is 16.3. The number of aliphatic hydroxyl groups excluding tert-OH is 1. The van der Waals surface area contributed by atoms with E-state index in [-0.39, 0.29) is 5.71 Å². The standard InChI is InChI=1S/C13H17N3O2/c1-9(14)13(16-12(18)8-17)10(2)15-11-6-4-3-5-7-11/h3-7,14-15,17H,8H2,1-2H3,(H,16,18)/b13-10+,14-9?. The van der Waals surface area contributed by atoms with Crippen LogP contribution in [0.1, 0.15) is 13.8 Å². The van der Waals surface area contributed by atoms with Crippen LogP contribution in [0, 0.1) is 5.41 Å². The normalized spacial score (nSPS) is 11.5. The second-order valence-electron chi connectivity index (χ2n) is 3.82. The van der Waals surface area contributed by atoms with E-state index in [1.165, 1.54) is 0 Å². The van der Waals surface area contributed by atoms with Crippen LogP contribution in [0.4, 0.5) is 5.69 Å². The van der Waals surface area contributed by atoms with Crippen molar-refractivity contribution in [1.29, 1.82) is 5.41 Å². The number of nitrogens with one attached hydrogen (secondary N) is 3. The van der Waals surface area contributed by atoms with Crippen LogP contribution in [0.2, 0.25) is 0 Å². The highest BCUT2D eigenvalue weighted by Crippen LogP contribution is 2.11. The van der Waals surface area contributed by atoms with Crippen molar-refractivity contribution in [3.05, 3.63) is 41.7 Å². The number of rotatable bonds is 5. The molecule has 1 amide bonds. The molecule has 18 heavy (non-hydrogen) atoms. The van der Waals surface area contributed by atoms with Gasteiger partial charge in [0, 0.05) is 11.4 Å². The lowest BCUT2D eigenvalue weighted by Crippen LogP contribution is -2.30. The van der Waals surface area contributed by atoms with Crippen molar-refractivity contribution >= 4 is 17.3 Å². The minimum absolute atomic E-state index is 0.220. The van der Waals surface area contributed by atoms with Gasteiger partial charge in [-0.05, 0) is 26.0 Å². The van der Waals surface area contributed by atoms with Gasteiger partial charge in [-0.3, -0.25) is 4.79 Å². The van der Waals surface area contributed by atoms with E-state index in [2.05, 4.69) is 10.6 Å². The molecule has 0 saturated carbocycles. The molecule has 0 aliphatic rings. The van der Waals surface area contributed by atoms with E-state index < -0.39 is 12.5 Å². The fourth-order valence-corrected chi connectivity index (χ4v) is 1.45. The van der Waals surface area contributed by atoms with Crippen LogP contribution in [0.5, 0.6) is 0 Å². The van der Waals surface area contributed by atoms with E-state index in [1.807, 2.05) is 30.3 Å². The number of benzene rings is 1. The van der Waals surface area contributed by atoms with Crippen LogP contribution in [0.3, 0.4) is 0 Å². The molecular weight excluding hydrogens is 230 g/mol. The molecule has 96 valence electrons. The number of hydrogen-bond donors (Lipinski definition) is 4. The van der Waals surface area contributed by atoms with Crippen molar-refractivity contribution < 1.29 is 9.90 Å². The average molecular weight is 247 g/mol. The van der Waals surface area contributed by atoms with Crippen LogP contribution in [-0.4, -0.2) is 23.3 Å². The number of aliphatic hydroxyl groups is 1. The zero-order valence-corrected chi connectivity index (χ0v) is 10.4. The van der Waals surface area contributed by atoms with Crippen molar-refractivity contribution in [2.75, 3.05) is 11.9 Å². The summed E-state index contributed by atoms with van der Waals surface area (Å²) in [6.07, 6.45) is 0. The van der Waals surface area contributed by atoms with E-state index in [9.17, 15) is 4.79 Å². The molecule has 0 radical (unpaired) electrons. The number of allylic oxidation sites excluding steroid dienone is 2. The molecule has 1 rings (SSSR count). The maximum atomic E-state index is 11.2. The second-order valence-corrected chi connectivity index (χ2v) is 3.82. The summed E-state index contributed by atoms with van der Waals surface area (Å²) >= 11 is 0. The van der Waals surface area contributed by atoms with Gasteiger partial charge in [0.05, 0.1) is 11.4 Å². The first-order chi connectivity index (χ1) is 8.54. The maximum absolute atomic E-state index is 11.2. The predicted octanol–water partition coefficient (Wildman–Crippen LogP) is 1.48. The van der Waals surface area contributed by atoms with E-state index in [0.717, 1.165) is 5.69 Å². The Hall–Kier alpha value is -2.14.